The van der Waals surface area contributed by atoms with Crippen molar-refractivity contribution < 1.29 is 143 Å². The fraction of sp³-hybridized carbons (Fsp3) is 0.467. The van der Waals surface area contributed by atoms with Gasteiger partial charge in [0.15, 0.2) is 0 Å². The van der Waals surface area contributed by atoms with Gasteiger partial charge in [0.2, 0.25) is 11.8 Å². The predicted molar refractivity (Wildman–Crippen MR) is 203 cm³/mol. The molecule has 6 heterocycles. The molecule has 20 nitrogen and oxygen atoms in total. The number of halogens is 6. The first-order valence-electron chi connectivity index (χ1n) is 16.7. The van der Waals surface area contributed by atoms with Gasteiger partial charge in [-0.3, -0.25) is 29.0 Å². The summed E-state index contributed by atoms with van der Waals surface area (Å²) in [5.41, 5.74) is -0.111. The first-order valence-corrected chi connectivity index (χ1v) is 21.6. The molecule has 2 fully saturated rings. The molecule has 64 heavy (non-hydrogen) atoms. The molecule has 4 aliphatic heterocycles. The number of aromatic nitrogens is 4. The Labute approximate surface area is 426 Å². The smallest absolute Gasteiger partial charge is 0.543 e. The number of thioether (sulfide) groups is 4. The summed E-state index contributed by atoms with van der Waals surface area (Å²) in [6.07, 6.45) is -12.8. The van der Waals surface area contributed by atoms with E-state index in [-0.39, 0.29) is 116 Å². The summed E-state index contributed by atoms with van der Waals surface area (Å²) < 4.78 is 84.9. The Morgan fingerprint density at radius 1 is 0.703 bits per heavy atom. The van der Waals surface area contributed by atoms with Gasteiger partial charge in [0, 0.05) is 23.0 Å². The zero-order chi connectivity index (χ0) is 45.8. The number of alkyl halides is 6. The molecule has 4 atom stereocenters. The molecule has 34 heteroatoms. The van der Waals surface area contributed by atoms with Crippen molar-refractivity contribution in [3.05, 3.63) is 34.3 Å². The van der Waals surface area contributed by atoms with Gasteiger partial charge in [-0.25, -0.2) is 0 Å². The molecule has 2 aromatic rings. The van der Waals surface area contributed by atoms with Gasteiger partial charge < -0.3 is 49.5 Å². The van der Waals surface area contributed by atoms with Crippen LogP contribution in [0.5, 0.6) is 0 Å². The zero-order valence-corrected chi connectivity index (χ0v) is 41.2. The monoisotopic (exact) mass is 1040 g/mol. The third-order valence-corrected chi connectivity index (χ3v) is 13.1. The molecule has 4 N–H and O–H groups in total. The van der Waals surface area contributed by atoms with Crippen molar-refractivity contribution in [3.63, 3.8) is 0 Å². The van der Waals surface area contributed by atoms with Gasteiger partial charge in [0.05, 0.1) is 46.2 Å². The number of carboxylic acids is 4. The van der Waals surface area contributed by atoms with Crippen molar-refractivity contribution in [1.29, 1.82) is 0 Å². The van der Waals surface area contributed by atoms with Crippen LogP contribution in [0.15, 0.2) is 41.8 Å². The minimum absolute atomic E-state index is 0. The fourth-order valence-electron chi connectivity index (χ4n) is 5.67. The van der Waals surface area contributed by atoms with Crippen molar-refractivity contribution in [2.75, 3.05) is 23.0 Å². The Morgan fingerprint density at radius 2 is 1.05 bits per heavy atom. The number of rotatable bonds is 16. The summed E-state index contributed by atoms with van der Waals surface area (Å²) in [5, 5.41) is 58.4. The summed E-state index contributed by atoms with van der Waals surface area (Å²) in [6, 6.07) is -2.14. The molecular formula is C30H24F6N8Na2O12S6. The summed E-state index contributed by atoms with van der Waals surface area (Å²) in [6.45, 7) is 0. The number of carbonyl (C=O) groups excluding carboxylic acids is 4. The molecule has 0 radical (unpaired) electrons. The molecule has 0 spiro atoms. The second-order valence-corrected chi connectivity index (χ2v) is 17.7. The second-order valence-electron chi connectivity index (χ2n) is 12.6. The van der Waals surface area contributed by atoms with Crippen LogP contribution in [0, 0.1) is 0 Å². The summed E-state index contributed by atoms with van der Waals surface area (Å²) in [5.74, 6) is -6.86. The van der Waals surface area contributed by atoms with Crippen molar-refractivity contribution in [2.24, 2.45) is 0 Å². The SMILES string of the molecule is O=C(O)Cc1nnc(SCC2=C(C(=O)[O-])N3C(=O)C(NC(=S)CC(F)(F)F)[C@H]3SC2)o1.O=C(O)Cc1nnc(SCC2=C(C(=O)[O-])N3C(=O)C(NC(=S)CC(F)(F)F)[C@H]3SC2)o1.[Na+].[Na+]. The zero-order valence-electron chi connectivity index (χ0n) is 32.3. The van der Waals surface area contributed by atoms with Crippen molar-refractivity contribution in [3.8, 4) is 0 Å². The number of thiocarbonyl (C=S) groups is 2. The van der Waals surface area contributed by atoms with E-state index in [1.807, 2.05) is 0 Å². The van der Waals surface area contributed by atoms with Crippen LogP contribution < -0.4 is 80.0 Å². The van der Waals surface area contributed by atoms with E-state index < -0.39 is 107 Å². The minimum Gasteiger partial charge on any atom is -0.543 e. The van der Waals surface area contributed by atoms with Gasteiger partial charge in [0.1, 0.15) is 35.7 Å². The first kappa shape index (κ1) is 55.7. The fourth-order valence-corrected chi connectivity index (χ4v) is 10.8. The van der Waals surface area contributed by atoms with E-state index in [0.717, 1.165) is 56.8 Å². The van der Waals surface area contributed by atoms with Gasteiger partial charge in [-0.15, -0.1) is 43.9 Å². The third-order valence-electron chi connectivity index (χ3n) is 8.08. The third kappa shape index (κ3) is 14.7. The molecule has 2 saturated heterocycles. The van der Waals surface area contributed by atoms with E-state index in [1.54, 1.807) is 0 Å². The van der Waals surface area contributed by atoms with Crippen LogP contribution >= 0.6 is 71.5 Å². The quantitative estimate of drug-likeness (QED) is 0.0400. The maximum Gasteiger partial charge on any atom is 1.00 e. The van der Waals surface area contributed by atoms with Crippen LogP contribution in [0.2, 0.25) is 0 Å². The molecule has 6 rings (SSSR count). The Balaban J connectivity index is 0.000000330. The molecule has 0 aliphatic carbocycles. The number of carboxylic acid groups (broad SMARTS) is 4. The second kappa shape index (κ2) is 23.4. The Morgan fingerprint density at radius 3 is 1.34 bits per heavy atom. The number of aliphatic carboxylic acids is 4. The van der Waals surface area contributed by atoms with Crippen molar-refractivity contribution in [1.82, 2.24) is 40.8 Å². The number of fused-ring (bicyclic) bond motifs is 2. The van der Waals surface area contributed by atoms with E-state index >= 15 is 0 Å². The van der Waals surface area contributed by atoms with Crippen LogP contribution in [-0.4, -0.2) is 144 Å². The average molecular weight is 1040 g/mol. The topological polar surface area (TPSA) is 297 Å². The van der Waals surface area contributed by atoms with E-state index in [2.05, 4.69) is 55.5 Å². The summed E-state index contributed by atoms with van der Waals surface area (Å²) in [4.78, 5) is 70.2. The maximum atomic E-state index is 12.4. The number of hydrogen-bond donors (Lipinski definition) is 4. The maximum absolute atomic E-state index is 12.4. The van der Waals surface area contributed by atoms with Gasteiger partial charge in [0.25, 0.3) is 22.3 Å². The largest absolute Gasteiger partial charge is 1.00 e. The summed E-state index contributed by atoms with van der Waals surface area (Å²) in [7, 11) is 0. The first-order chi connectivity index (χ1) is 28.9. The van der Waals surface area contributed by atoms with E-state index in [9.17, 15) is 65.3 Å². The van der Waals surface area contributed by atoms with Gasteiger partial charge in [-0.2, -0.15) is 26.3 Å². The van der Waals surface area contributed by atoms with Gasteiger partial charge in [-0.05, 0) is 11.1 Å². The molecule has 2 aromatic heterocycles. The van der Waals surface area contributed by atoms with Gasteiger partial charge >= 0.3 is 83.4 Å². The van der Waals surface area contributed by atoms with E-state index in [1.165, 1.54) is 0 Å². The minimum atomic E-state index is -4.53. The number of hydrogen-bond acceptors (Lipinski definition) is 20. The predicted octanol–water partition coefficient (Wildman–Crippen LogP) is -6.10. The number of β-lactam (4-membered cyclic amide) rings is 2. The van der Waals surface area contributed by atoms with Crippen LogP contribution in [0.3, 0.4) is 0 Å². The number of nitrogens with one attached hydrogen (secondary N) is 2. The van der Waals surface area contributed by atoms with Crippen molar-refractivity contribution >= 4 is 117 Å². The average Bonchev–Trinajstić information content (AvgIpc) is 3.80. The van der Waals surface area contributed by atoms with Crippen LogP contribution in [0.4, 0.5) is 26.3 Å². The van der Waals surface area contributed by atoms with Crippen LogP contribution in [0.1, 0.15) is 24.6 Å². The Kier molecular flexibility index (Phi) is 20.3. The van der Waals surface area contributed by atoms with Crippen LogP contribution in [0.25, 0.3) is 0 Å². The van der Waals surface area contributed by atoms with E-state index in [0.29, 0.717) is 11.1 Å². The molecule has 0 saturated carbocycles. The molecule has 0 bridgehead atoms. The number of carbonyl (C=O) groups is 6. The van der Waals surface area contributed by atoms with Gasteiger partial charge in [-0.1, -0.05) is 48.0 Å². The van der Waals surface area contributed by atoms with Crippen molar-refractivity contribution in [2.45, 2.75) is 71.3 Å². The van der Waals surface area contributed by atoms with Crippen LogP contribution in [-0.2, 0) is 41.6 Å². The molecule has 0 aromatic carbocycles. The van der Waals surface area contributed by atoms with E-state index in [4.69, 9.17) is 19.0 Å². The number of nitrogens with zero attached hydrogens (tertiary/aromatic N) is 6. The molecule has 336 valence electrons. The Hall–Kier alpha value is -2.66. The number of amides is 2. The molecule has 4 aliphatic rings. The standard InChI is InChI=1S/2C15H13F3N4O6S3.2Na/c2*16-15(17,18)2-7(29)19-9-11(25)22-10(13(26)27)5(3-30-12(9)22)4-31-14-21-20-6(28-14)1-8(23)24;;/h2*9,12H,1-4H2,(H,19,29)(H,23,24)(H,26,27);;/q;;2*+1/p-2/t2*9?,12-;;/m11../s1. The molecule has 2 amide bonds. The molecular weight excluding hydrogens is 1020 g/mol. The Bertz CT molecular complexity index is 2100. The summed E-state index contributed by atoms with van der Waals surface area (Å²) >= 11 is 13.5. The molecule has 2 unspecified atom stereocenters. The normalized spacial score (nSPS) is 20.2.